The van der Waals surface area contributed by atoms with Gasteiger partial charge in [0.2, 0.25) is 0 Å². The minimum atomic E-state index is -1.27. The van der Waals surface area contributed by atoms with Crippen molar-refractivity contribution in [2.45, 2.75) is 32.9 Å². The summed E-state index contributed by atoms with van der Waals surface area (Å²) in [6.45, 7) is 6.00. The van der Waals surface area contributed by atoms with Crippen molar-refractivity contribution in [3.63, 3.8) is 0 Å². The lowest BCUT2D eigenvalue weighted by atomic mass is 10.1. The molecular formula is C19H24N2O3. The van der Waals surface area contributed by atoms with E-state index in [1.165, 1.54) is 0 Å². The number of aliphatic hydroxyl groups excluding tert-OH is 1. The zero-order chi connectivity index (χ0) is 17.7. The van der Waals surface area contributed by atoms with E-state index in [2.05, 4.69) is 10.6 Å². The first-order valence-electron chi connectivity index (χ1n) is 7.90. The van der Waals surface area contributed by atoms with Gasteiger partial charge in [0, 0.05) is 6.04 Å². The molecule has 0 aliphatic heterocycles. The highest BCUT2D eigenvalue weighted by Gasteiger charge is 2.19. The van der Waals surface area contributed by atoms with E-state index in [9.17, 15) is 9.90 Å². The molecule has 0 fully saturated rings. The average Bonchev–Trinajstić information content (AvgIpc) is 2.56. The van der Waals surface area contributed by atoms with E-state index in [1.54, 1.807) is 31.4 Å². The smallest absolute Gasteiger partial charge is 0.257 e. The van der Waals surface area contributed by atoms with Crippen LogP contribution in [0.3, 0.4) is 0 Å². The average molecular weight is 328 g/mol. The summed E-state index contributed by atoms with van der Waals surface area (Å²) < 4.78 is 5.13. The fourth-order valence-electron chi connectivity index (χ4n) is 2.36. The van der Waals surface area contributed by atoms with Gasteiger partial charge in [0.25, 0.3) is 5.91 Å². The van der Waals surface area contributed by atoms with Crippen LogP contribution in [0, 0.1) is 6.92 Å². The number of carbonyl (C=O) groups excluding carboxylic acids is 1. The standard InChI is InChI=1S/C19H24N2O3/c1-12(2)20-16-9-8-13(3)10-17(16)21-19(23)18(22)14-6-5-7-15(11-14)24-4/h5-12,18,20,22H,1-4H3,(H,21,23)/t18-/m0/s1. The molecule has 2 aromatic carbocycles. The molecule has 0 aliphatic rings. The molecule has 0 spiro atoms. The van der Waals surface area contributed by atoms with E-state index in [0.29, 0.717) is 17.0 Å². The van der Waals surface area contributed by atoms with E-state index >= 15 is 0 Å². The SMILES string of the molecule is COc1cccc([C@H](O)C(=O)Nc2cc(C)ccc2NC(C)C)c1. The first kappa shape index (κ1) is 17.8. The van der Waals surface area contributed by atoms with Crippen LogP contribution in [-0.2, 0) is 4.79 Å². The van der Waals surface area contributed by atoms with Crippen LogP contribution in [-0.4, -0.2) is 24.2 Å². The summed E-state index contributed by atoms with van der Waals surface area (Å²) in [6, 6.07) is 12.8. The van der Waals surface area contributed by atoms with Gasteiger partial charge in [0.1, 0.15) is 5.75 Å². The Morgan fingerprint density at radius 2 is 1.88 bits per heavy atom. The lowest BCUT2D eigenvalue weighted by Gasteiger charge is -2.18. The van der Waals surface area contributed by atoms with E-state index in [1.807, 2.05) is 39.0 Å². The van der Waals surface area contributed by atoms with Crippen molar-refractivity contribution in [3.05, 3.63) is 53.6 Å². The molecule has 24 heavy (non-hydrogen) atoms. The number of methoxy groups -OCH3 is 1. The third kappa shape index (κ3) is 4.49. The lowest BCUT2D eigenvalue weighted by molar-refractivity contribution is -0.124. The van der Waals surface area contributed by atoms with Gasteiger partial charge in [-0.15, -0.1) is 0 Å². The van der Waals surface area contributed by atoms with Crippen molar-refractivity contribution in [1.82, 2.24) is 0 Å². The Hall–Kier alpha value is -2.53. The molecule has 5 nitrogen and oxygen atoms in total. The number of anilines is 2. The van der Waals surface area contributed by atoms with Crippen LogP contribution in [0.15, 0.2) is 42.5 Å². The molecule has 3 N–H and O–H groups in total. The Bertz CT molecular complexity index is 714. The number of ether oxygens (including phenoxy) is 1. The molecule has 128 valence electrons. The molecule has 2 rings (SSSR count). The number of hydrogen-bond donors (Lipinski definition) is 3. The molecule has 0 unspecified atom stereocenters. The van der Waals surface area contributed by atoms with Crippen LogP contribution in [0.5, 0.6) is 5.75 Å². The van der Waals surface area contributed by atoms with Crippen molar-refractivity contribution in [1.29, 1.82) is 0 Å². The van der Waals surface area contributed by atoms with Gasteiger partial charge in [-0.2, -0.15) is 0 Å². The van der Waals surface area contributed by atoms with Crippen LogP contribution in [0.2, 0.25) is 0 Å². The van der Waals surface area contributed by atoms with Gasteiger partial charge in [0.05, 0.1) is 18.5 Å². The monoisotopic (exact) mass is 328 g/mol. The van der Waals surface area contributed by atoms with Crippen molar-refractivity contribution in [2.24, 2.45) is 0 Å². The number of benzene rings is 2. The number of amides is 1. The number of carbonyl (C=O) groups is 1. The highest BCUT2D eigenvalue weighted by atomic mass is 16.5. The molecule has 2 aromatic rings. The quantitative estimate of drug-likeness (QED) is 0.759. The summed E-state index contributed by atoms with van der Waals surface area (Å²) >= 11 is 0. The summed E-state index contributed by atoms with van der Waals surface area (Å²) in [5.74, 6) is 0.109. The highest BCUT2D eigenvalue weighted by molar-refractivity contribution is 5.97. The predicted molar refractivity (Wildman–Crippen MR) is 96.5 cm³/mol. The Morgan fingerprint density at radius 1 is 1.12 bits per heavy atom. The third-order valence-corrected chi connectivity index (χ3v) is 3.53. The van der Waals surface area contributed by atoms with Crippen LogP contribution in [0.25, 0.3) is 0 Å². The molecule has 0 saturated heterocycles. The van der Waals surface area contributed by atoms with E-state index in [-0.39, 0.29) is 6.04 Å². The van der Waals surface area contributed by atoms with Crippen LogP contribution in [0.4, 0.5) is 11.4 Å². The number of hydrogen-bond acceptors (Lipinski definition) is 4. The fourth-order valence-corrected chi connectivity index (χ4v) is 2.36. The van der Waals surface area contributed by atoms with E-state index in [0.717, 1.165) is 11.3 Å². The number of nitrogens with one attached hydrogen (secondary N) is 2. The van der Waals surface area contributed by atoms with Gasteiger partial charge in [0.15, 0.2) is 6.10 Å². The van der Waals surface area contributed by atoms with E-state index < -0.39 is 12.0 Å². The number of rotatable bonds is 6. The van der Waals surface area contributed by atoms with Crippen molar-refractivity contribution < 1.29 is 14.6 Å². The van der Waals surface area contributed by atoms with Gasteiger partial charge in [-0.25, -0.2) is 0 Å². The minimum Gasteiger partial charge on any atom is -0.497 e. The second-order valence-electron chi connectivity index (χ2n) is 6.02. The molecule has 0 heterocycles. The minimum absolute atomic E-state index is 0.228. The molecule has 0 radical (unpaired) electrons. The van der Waals surface area contributed by atoms with Crippen molar-refractivity contribution in [2.75, 3.05) is 17.7 Å². The van der Waals surface area contributed by atoms with Crippen molar-refractivity contribution >= 4 is 17.3 Å². The second kappa shape index (κ2) is 7.84. The maximum atomic E-state index is 12.4. The zero-order valence-corrected chi connectivity index (χ0v) is 14.5. The molecule has 1 amide bonds. The Morgan fingerprint density at radius 3 is 2.54 bits per heavy atom. The number of aryl methyl sites for hydroxylation is 1. The Labute approximate surface area is 142 Å². The second-order valence-corrected chi connectivity index (χ2v) is 6.02. The van der Waals surface area contributed by atoms with Gasteiger partial charge in [-0.1, -0.05) is 18.2 Å². The summed E-state index contributed by atoms with van der Waals surface area (Å²) in [4.78, 5) is 12.4. The van der Waals surface area contributed by atoms with Crippen LogP contribution < -0.4 is 15.4 Å². The predicted octanol–water partition coefficient (Wildman–Crippen LogP) is 3.50. The topological polar surface area (TPSA) is 70.6 Å². The molecule has 5 heteroatoms. The Balaban J connectivity index is 2.20. The van der Waals surface area contributed by atoms with E-state index in [4.69, 9.17) is 4.74 Å². The lowest BCUT2D eigenvalue weighted by Crippen LogP contribution is -2.22. The molecule has 0 saturated carbocycles. The molecular weight excluding hydrogens is 304 g/mol. The molecule has 0 aliphatic carbocycles. The van der Waals surface area contributed by atoms with Gasteiger partial charge < -0.3 is 20.5 Å². The van der Waals surface area contributed by atoms with Gasteiger partial charge in [-0.3, -0.25) is 4.79 Å². The summed E-state index contributed by atoms with van der Waals surface area (Å²) in [6.07, 6.45) is -1.27. The first-order valence-corrected chi connectivity index (χ1v) is 7.90. The molecule has 0 aromatic heterocycles. The maximum Gasteiger partial charge on any atom is 0.257 e. The number of aliphatic hydroxyl groups is 1. The molecule has 0 bridgehead atoms. The third-order valence-electron chi connectivity index (χ3n) is 3.53. The van der Waals surface area contributed by atoms with Crippen LogP contribution in [0.1, 0.15) is 31.1 Å². The summed E-state index contributed by atoms with van der Waals surface area (Å²) in [5, 5.41) is 16.4. The first-order chi connectivity index (χ1) is 11.4. The van der Waals surface area contributed by atoms with Crippen molar-refractivity contribution in [3.8, 4) is 5.75 Å². The Kier molecular flexibility index (Phi) is 5.82. The fraction of sp³-hybridized carbons (Fsp3) is 0.316. The van der Waals surface area contributed by atoms with Gasteiger partial charge >= 0.3 is 0 Å². The summed E-state index contributed by atoms with van der Waals surface area (Å²) in [5.41, 5.74) is 2.98. The highest BCUT2D eigenvalue weighted by Crippen LogP contribution is 2.26. The van der Waals surface area contributed by atoms with Gasteiger partial charge in [-0.05, 0) is 56.2 Å². The molecule has 1 atom stereocenters. The van der Waals surface area contributed by atoms with Crippen LogP contribution >= 0.6 is 0 Å². The largest absolute Gasteiger partial charge is 0.497 e. The zero-order valence-electron chi connectivity index (χ0n) is 14.5. The summed E-state index contributed by atoms with van der Waals surface area (Å²) in [7, 11) is 1.54. The normalized spacial score (nSPS) is 11.9. The maximum absolute atomic E-state index is 12.4.